The van der Waals surface area contributed by atoms with Crippen LogP contribution in [0.3, 0.4) is 0 Å². The van der Waals surface area contributed by atoms with E-state index in [2.05, 4.69) is 47.2 Å². The van der Waals surface area contributed by atoms with Crippen LogP contribution in [0.2, 0.25) is 5.02 Å². The van der Waals surface area contributed by atoms with Crippen molar-refractivity contribution in [3.63, 3.8) is 0 Å². The summed E-state index contributed by atoms with van der Waals surface area (Å²) in [6, 6.07) is 16.6. The number of fused-ring (bicyclic) bond motifs is 1. The molecule has 0 bridgehead atoms. The molecule has 2 N–H and O–H groups in total. The maximum absolute atomic E-state index is 6.13. The van der Waals surface area contributed by atoms with E-state index in [0.29, 0.717) is 6.54 Å². The fourth-order valence-corrected chi connectivity index (χ4v) is 2.95. The van der Waals surface area contributed by atoms with Crippen LogP contribution in [0.25, 0.3) is 10.9 Å². The molecule has 0 aliphatic carbocycles. The predicted octanol–water partition coefficient (Wildman–Crippen LogP) is 4.39. The summed E-state index contributed by atoms with van der Waals surface area (Å²) in [7, 11) is 0. The molecule has 0 unspecified atom stereocenters. The lowest BCUT2D eigenvalue weighted by Gasteiger charge is -2.06. The van der Waals surface area contributed by atoms with Crippen LogP contribution in [0.1, 0.15) is 17.5 Å². The molecule has 108 valence electrons. The van der Waals surface area contributed by atoms with E-state index in [4.69, 9.17) is 17.3 Å². The number of hydrogen-bond donors (Lipinski definition) is 1. The Hall–Kier alpha value is -1.77. The Morgan fingerprint density at radius 2 is 1.86 bits per heavy atom. The molecule has 0 aliphatic rings. The van der Waals surface area contributed by atoms with Gasteiger partial charge >= 0.3 is 0 Å². The number of aryl methyl sites for hydroxylation is 2. The van der Waals surface area contributed by atoms with Gasteiger partial charge in [0.05, 0.1) is 0 Å². The third kappa shape index (κ3) is 3.12. The Bertz CT molecular complexity index is 732. The second-order valence-corrected chi connectivity index (χ2v) is 5.74. The number of benzene rings is 2. The zero-order valence-corrected chi connectivity index (χ0v) is 12.7. The number of rotatable bonds is 5. The van der Waals surface area contributed by atoms with Gasteiger partial charge in [-0.3, -0.25) is 0 Å². The zero-order valence-electron chi connectivity index (χ0n) is 11.9. The first-order valence-electron chi connectivity index (χ1n) is 7.29. The van der Waals surface area contributed by atoms with Gasteiger partial charge in [-0.2, -0.15) is 0 Å². The zero-order chi connectivity index (χ0) is 14.7. The predicted molar refractivity (Wildman–Crippen MR) is 89.6 cm³/mol. The minimum absolute atomic E-state index is 0.559. The normalized spacial score (nSPS) is 11.1. The maximum Gasteiger partial charge on any atom is 0.0498 e. The smallest absolute Gasteiger partial charge is 0.0498 e. The number of nitrogens with two attached hydrogens (primary N) is 1. The first kappa shape index (κ1) is 14.2. The molecular weight excluding hydrogens is 280 g/mol. The molecule has 0 spiro atoms. The van der Waals surface area contributed by atoms with Crippen LogP contribution in [0.15, 0.2) is 54.7 Å². The molecule has 1 aromatic heterocycles. The van der Waals surface area contributed by atoms with Crippen LogP contribution in [-0.4, -0.2) is 4.57 Å². The first-order valence-corrected chi connectivity index (χ1v) is 7.67. The standard InChI is InChI=1S/C18H19ClN2/c19-16-8-9-17-15(12-20)13-21(18(17)11-16)10-4-7-14-5-2-1-3-6-14/h1-3,5-6,8-9,11,13H,4,7,10,12,20H2. The summed E-state index contributed by atoms with van der Waals surface area (Å²) in [5, 5.41) is 1.98. The van der Waals surface area contributed by atoms with Crippen molar-refractivity contribution in [3.8, 4) is 0 Å². The second-order valence-electron chi connectivity index (χ2n) is 5.30. The Morgan fingerprint density at radius 3 is 2.62 bits per heavy atom. The fraction of sp³-hybridized carbons (Fsp3) is 0.222. The van der Waals surface area contributed by atoms with Crippen LogP contribution < -0.4 is 5.73 Å². The highest BCUT2D eigenvalue weighted by molar-refractivity contribution is 6.31. The van der Waals surface area contributed by atoms with Crippen molar-refractivity contribution >= 4 is 22.5 Å². The van der Waals surface area contributed by atoms with Gasteiger partial charge < -0.3 is 10.3 Å². The summed E-state index contributed by atoms with van der Waals surface area (Å²) >= 11 is 6.13. The van der Waals surface area contributed by atoms with Crippen LogP contribution in [-0.2, 0) is 19.5 Å². The highest BCUT2D eigenvalue weighted by Crippen LogP contribution is 2.25. The third-order valence-corrected chi connectivity index (χ3v) is 4.09. The molecule has 3 rings (SSSR count). The summed E-state index contributed by atoms with van der Waals surface area (Å²) in [4.78, 5) is 0. The molecule has 0 atom stereocenters. The van der Waals surface area contributed by atoms with Crippen molar-refractivity contribution in [2.24, 2.45) is 5.73 Å². The minimum Gasteiger partial charge on any atom is -0.347 e. The van der Waals surface area contributed by atoms with Gasteiger partial charge in [-0.05, 0) is 36.1 Å². The van der Waals surface area contributed by atoms with Gasteiger partial charge in [0, 0.05) is 35.2 Å². The Balaban J connectivity index is 1.79. The van der Waals surface area contributed by atoms with E-state index in [9.17, 15) is 0 Å². The lowest BCUT2D eigenvalue weighted by atomic mass is 10.1. The van der Waals surface area contributed by atoms with Gasteiger partial charge in [0.15, 0.2) is 0 Å². The molecule has 2 aromatic carbocycles. The van der Waals surface area contributed by atoms with Crippen molar-refractivity contribution in [2.45, 2.75) is 25.9 Å². The molecule has 0 fully saturated rings. The lowest BCUT2D eigenvalue weighted by molar-refractivity contribution is 0.660. The molecule has 0 aliphatic heterocycles. The molecule has 0 amide bonds. The first-order chi connectivity index (χ1) is 10.3. The van der Waals surface area contributed by atoms with E-state index in [0.717, 1.165) is 24.4 Å². The van der Waals surface area contributed by atoms with Gasteiger partial charge in [0.2, 0.25) is 0 Å². The minimum atomic E-state index is 0.559. The van der Waals surface area contributed by atoms with Crippen molar-refractivity contribution in [2.75, 3.05) is 0 Å². The maximum atomic E-state index is 6.13. The lowest BCUT2D eigenvalue weighted by Crippen LogP contribution is -1.99. The van der Waals surface area contributed by atoms with Crippen LogP contribution >= 0.6 is 11.6 Å². The van der Waals surface area contributed by atoms with Crippen molar-refractivity contribution < 1.29 is 0 Å². The summed E-state index contributed by atoms with van der Waals surface area (Å²) in [6.07, 6.45) is 4.34. The van der Waals surface area contributed by atoms with Crippen LogP contribution in [0.5, 0.6) is 0 Å². The van der Waals surface area contributed by atoms with Gasteiger partial charge in [-0.25, -0.2) is 0 Å². The number of aromatic nitrogens is 1. The molecule has 0 saturated heterocycles. The molecule has 0 saturated carbocycles. The SMILES string of the molecule is NCc1cn(CCCc2ccccc2)c2cc(Cl)ccc12. The monoisotopic (exact) mass is 298 g/mol. The van der Waals surface area contributed by atoms with E-state index in [1.165, 1.54) is 22.0 Å². The molecular formula is C18H19ClN2. The van der Waals surface area contributed by atoms with Gasteiger partial charge in [-0.1, -0.05) is 48.0 Å². The van der Waals surface area contributed by atoms with E-state index in [1.807, 2.05) is 12.1 Å². The van der Waals surface area contributed by atoms with Crippen molar-refractivity contribution in [3.05, 3.63) is 70.9 Å². The highest BCUT2D eigenvalue weighted by atomic mass is 35.5. The average molecular weight is 299 g/mol. The molecule has 0 radical (unpaired) electrons. The molecule has 1 heterocycles. The van der Waals surface area contributed by atoms with Crippen LogP contribution in [0.4, 0.5) is 0 Å². The molecule has 2 nitrogen and oxygen atoms in total. The fourth-order valence-electron chi connectivity index (χ4n) is 2.79. The van der Waals surface area contributed by atoms with E-state index >= 15 is 0 Å². The molecule has 3 aromatic rings. The highest BCUT2D eigenvalue weighted by Gasteiger charge is 2.07. The Morgan fingerprint density at radius 1 is 1.05 bits per heavy atom. The summed E-state index contributed by atoms with van der Waals surface area (Å²) in [6.45, 7) is 1.54. The quantitative estimate of drug-likeness (QED) is 0.744. The van der Waals surface area contributed by atoms with Gasteiger partial charge in [0.25, 0.3) is 0 Å². The van der Waals surface area contributed by atoms with Crippen molar-refractivity contribution in [1.29, 1.82) is 0 Å². The summed E-state index contributed by atoms with van der Waals surface area (Å²) in [5.74, 6) is 0. The summed E-state index contributed by atoms with van der Waals surface area (Å²) in [5.41, 5.74) is 9.58. The second kappa shape index (κ2) is 6.33. The largest absolute Gasteiger partial charge is 0.347 e. The topological polar surface area (TPSA) is 30.9 Å². The van der Waals surface area contributed by atoms with E-state index in [1.54, 1.807) is 0 Å². The van der Waals surface area contributed by atoms with Crippen LogP contribution in [0, 0.1) is 0 Å². The van der Waals surface area contributed by atoms with Crippen molar-refractivity contribution in [1.82, 2.24) is 4.57 Å². The average Bonchev–Trinajstić information content (AvgIpc) is 2.86. The van der Waals surface area contributed by atoms with E-state index in [-0.39, 0.29) is 0 Å². The molecule has 21 heavy (non-hydrogen) atoms. The summed E-state index contributed by atoms with van der Waals surface area (Å²) < 4.78 is 2.27. The molecule has 3 heteroatoms. The Labute approximate surface area is 130 Å². The Kier molecular flexibility index (Phi) is 4.28. The van der Waals surface area contributed by atoms with Gasteiger partial charge in [0.1, 0.15) is 0 Å². The van der Waals surface area contributed by atoms with Gasteiger partial charge in [-0.15, -0.1) is 0 Å². The third-order valence-electron chi connectivity index (χ3n) is 3.85. The number of nitrogens with zero attached hydrogens (tertiary/aromatic N) is 1. The number of halogens is 1. The number of hydrogen-bond acceptors (Lipinski definition) is 1. The van der Waals surface area contributed by atoms with E-state index < -0.39 is 0 Å².